The Bertz CT molecular complexity index is 269. The van der Waals surface area contributed by atoms with Gasteiger partial charge < -0.3 is 9.53 Å². The summed E-state index contributed by atoms with van der Waals surface area (Å²) < 4.78 is 5.36. The molecule has 0 spiro atoms. The first kappa shape index (κ1) is 16.9. The number of hydrogen-bond donors (Lipinski definition) is 0. The predicted octanol–water partition coefficient (Wildman–Crippen LogP) is 3.25. The molecule has 0 fully saturated rings. The molecular weight excluding hydrogens is 230 g/mol. The molecule has 0 radical (unpaired) electrons. The van der Waals surface area contributed by atoms with E-state index < -0.39 is 11.7 Å². The summed E-state index contributed by atoms with van der Waals surface area (Å²) in [7, 11) is 0. The van der Waals surface area contributed by atoms with Crippen LogP contribution in [0, 0.1) is 5.92 Å². The van der Waals surface area contributed by atoms with Crippen LogP contribution in [0.25, 0.3) is 0 Å². The van der Waals surface area contributed by atoms with Crippen molar-refractivity contribution < 1.29 is 14.3 Å². The summed E-state index contributed by atoms with van der Waals surface area (Å²) in [6.45, 7) is 12.1. The van der Waals surface area contributed by atoms with Crippen molar-refractivity contribution in [2.45, 2.75) is 66.0 Å². The van der Waals surface area contributed by atoms with Crippen LogP contribution in [0.1, 0.15) is 54.4 Å². The third-order valence-corrected chi connectivity index (χ3v) is 2.33. The van der Waals surface area contributed by atoms with Crippen LogP contribution in [-0.4, -0.2) is 35.5 Å². The second-order valence-corrected chi connectivity index (χ2v) is 6.02. The molecular formula is C14H27NO3. The van der Waals surface area contributed by atoms with Crippen LogP contribution in [-0.2, 0) is 9.53 Å². The molecule has 1 atom stereocenters. The third-order valence-electron chi connectivity index (χ3n) is 2.33. The lowest BCUT2D eigenvalue weighted by molar-refractivity contribution is -0.113. The third kappa shape index (κ3) is 6.62. The molecule has 4 nitrogen and oxygen atoms in total. The van der Waals surface area contributed by atoms with Crippen molar-refractivity contribution in [3.8, 4) is 0 Å². The second kappa shape index (κ2) is 7.39. The first-order valence-electron chi connectivity index (χ1n) is 6.66. The topological polar surface area (TPSA) is 46.6 Å². The molecule has 0 rings (SSSR count). The minimum atomic E-state index is -0.536. The normalized spacial score (nSPS) is 13.3. The van der Waals surface area contributed by atoms with Crippen molar-refractivity contribution in [3.63, 3.8) is 0 Å². The molecule has 0 aromatic heterocycles. The Morgan fingerprint density at radius 1 is 1.33 bits per heavy atom. The molecule has 1 unspecified atom stereocenters. The molecule has 0 aliphatic heterocycles. The summed E-state index contributed by atoms with van der Waals surface area (Å²) >= 11 is 0. The Morgan fingerprint density at radius 3 is 2.22 bits per heavy atom. The van der Waals surface area contributed by atoms with Gasteiger partial charge in [0.1, 0.15) is 11.9 Å². The molecule has 1 amide bonds. The number of aldehydes is 1. The highest BCUT2D eigenvalue weighted by atomic mass is 16.6. The van der Waals surface area contributed by atoms with E-state index in [9.17, 15) is 9.59 Å². The van der Waals surface area contributed by atoms with Crippen LogP contribution in [0.4, 0.5) is 4.79 Å². The van der Waals surface area contributed by atoms with Crippen molar-refractivity contribution in [2.24, 2.45) is 5.92 Å². The first-order chi connectivity index (χ1) is 8.21. The summed E-state index contributed by atoms with van der Waals surface area (Å²) in [6, 6.07) is -0.382. The molecule has 0 aromatic rings. The van der Waals surface area contributed by atoms with Gasteiger partial charge in [-0.2, -0.15) is 0 Å². The van der Waals surface area contributed by atoms with Gasteiger partial charge in [-0.25, -0.2) is 4.79 Å². The maximum Gasteiger partial charge on any atom is 0.410 e. The van der Waals surface area contributed by atoms with E-state index in [1.807, 2.05) is 41.5 Å². The van der Waals surface area contributed by atoms with E-state index >= 15 is 0 Å². The molecule has 0 bridgehead atoms. The number of ether oxygens (including phenoxy) is 1. The highest BCUT2D eigenvalue weighted by molar-refractivity contribution is 5.73. The maximum absolute atomic E-state index is 12.1. The molecule has 0 aromatic carbocycles. The van der Waals surface area contributed by atoms with E-state index in [0.29, 0.717) is 18.9 Å². The Balaban J connectivity index is 4.85. The van der Waals surface area contributed by atoms with E-state index in [0.717, 1.165) is 12.7 Å². The Morgan fingerprint density at radius 2 is 1.89 bits per heavy atom. The molecule has 0 aliphatic rings. The first-order valence-corrected chi connectivity index (χ1v) is 6.66. The summed E-state index contributed by atoms with van der Waals surface area (Å²) in [5.74, 6) is 0.303. The van der Waals surface area contributed by atoms with Crippen molar-refractivity contribution in [1.29, 1.82) is 0 Å². The summed E-state index contributed by atoms with van der Waals surface area (Å²) in [5, 5.41) is 0. The van der Waals surface area contributed by atoms with Gasteiger partial charge in [0.25, 0.3) is 0 Å². The number of hydrogen-bond acceptors (Lipinski definition) is 3. The smallest absolute Gasteiger partial charge is 0.410 e. The van der Waals surface area contributed by atoms with E-state index in [1.54, 1.807) is 4.90 Å². The molecule has 0 heterocycles. The second-order valence-electron chi connectivity index (χ2n) is 6.02. The number of amides is 1. The number of rotatable bonds is 6. The van der Waals surface area contributed by atoms with Crippen LogP contribution in [0.5, 0.6) is 0 Å². The summed E-state index contributed by atoms with van der Waals surface area (Å²) in [5.41, 5.74) is -0.536. The van der Waals surface area contributed by atoms with Crippen molar-refractivity contribution in [2.75, 3.05) is 6.54 Å². The molecule has 4 heteroatoms. The van der Waals surface area contributed by atoms with Gasteiger partial charge in [0.05, 0.1) is 6.04 Å². The highest BCUT2D eigenvalue weighted by Crippen LogP contribution is 2.15. The number of carbonyl (C=O) groups excluding carboxylic acids is 2. The fraction of sp³-hybridized carbons (Fsp3) is 0.857. The van der Waals surface area contributed by atoms with Crippen LogP contribution in [0.15, 0.2) is 0 Å². The maximum atomic E-state index is 12.1. The summed E-state index contributed by atoms with van der Waals surface area (Å²) in [6.07, 6.45) is 1.98. The largest absolute Gasteiger partial charge is 0.444 e. The van der Waals surface area contributed by atoms with E-state index in [-0.39, 0.29) is 6.04 Å². The standard InChI is InChI=1S/C14H27NO3/c1-7-8-12(10-16)15(9-11(2)3)13(17)18-14(4,5)6/h10-12H,7-9H2,1-6H3. The van der Waals surface area contributed by atoms with Gasteiger partial charge in [-0.15, -0.1) is 0 Å². The Hall–Kier alpha value is -1.06. The lowest BCUT2D eigenvalue weighted by atomic mass is 10.1. The molecule has 18 heavy (non-hydrogen) atoms. The lowest BCUT2D eigenvalue weighted by Crippen LogP contribution is -2.45. The zero-order valence-electron chi connectivity index (χ0n) is 12.5. The highest BCUT2D eigenvalue weighted by Gasteiger charge is 2.28. The van der Waals surface area contributed by atoms with E-state index in [2.05, 4.69) is 0 Å². The van der Waals surface area contributed by atoms with Gasteiger partial charge in [-0.1, -0.05) is 27.2 Å². The van der Waals surface area contributed by atoms with Crippen molar-refractivity contribution in [3.05, 3.63) is 0 Å². The Labute approximate surface area is 111 Å². The molecule has 0 aliphatic carbocycles. The lowest BCUT2D eigenvalue weighted by Gasteiger charge is -2.32. The SMILES string of the molecule is CCCC(C=O)N(CC(C)C)C(=O)OC(C)(C)C. The predicted molar refractivity (Wildman–Crippen MR) is 72.5 cm³/mol. The van der Waals surface area contributed by atoms with E-state index in [1.165, 1.54) is 0 Å². The van der Waals surface area contributed by atoms with Crippen LogP contribution < -0.4 is 0 Å². The number of carbonyl (C=O) groups is 2. The molecule has 0 saturated carbocycles. The van der Waals surface area contributed by atoms with Gasteiger partial charge in [0, 0.05) is 6.54 Å². The van der Waals surface area contributed by atoms with Gasteiger partial charge >= 0.3 is 6.09 Å². The quantitative estimate of drug-likeness (QED) is 0.686. The zero-order chi connectivity index (χ0) is 14.3. The van der Waals surface area contributed by atoms with Crippen LogP contribution >= 0.6 is 0 Å². The van der Waals surface area contributed by atoms with E-state index in [4.69, 9.17) is 4.74 Å². The molecule has 0 saturated heterocycles. The average Bonchev–Trinajstić information content (AvgIpc) is 2.20. The average molecular weight is 257 g/mol. The minimum absolute atomic E-state index is 0.303. The van der Waals surface area contributed by atoms with Gasteiger partial charge in [-0.05, 0) is 33.1 Å². The van der Waals surface area contributed by atoms with Crippen LogP contribution in [0.3, 0.4) is 0 Å². The van der Waals surface area contributed by atoms with Crippen molar-refractivity contribution in [1.82, 2.24) is 4.90 Å². The van der Waals surface area contributed by atoms with Crippen LogP contribution in [0.2, 0.25) is 0 Å². The fourth-order valence-corrected chi connectivity index (χ4v) is 1.65. The van der Waals surface area contributed by atoms with Gasteiger partial charge in [0.2, 0.25) is 0 Å². The fourth-order valence-electron chi connectivity index (χ4n) is 1.65. The Kier molecular flexibility index (Phi) is 6.96. The monoisotopic (exact) mass is 257 g/mol. The molecule has 106 valence electrons. The van der Waals surface area contributed by atoms with Gasteiger partial charge in [0.15, 0.2) is 0 Å². The summed E-state index contributed by atoms with van der Waals surface area (Å²) in [4.78, 5) is 24.8. The number of nitrogens with zero attached hydrogens (tertiary/aromatic N) is 1. The zero-order valence-corrected chi connectivity index (χ0v) is 12.5. The molecule has 0 N–H and O–H groups in total. The van der Waals surface area contributed by atoms with Crippen molar-refractivity contribution >= 4 is 12.4 Å². The van der Waals surface area contributed by atoms with Gasteiger partial charge in [-0.3, -0.25) is 4.90 Å². The minimum Gasteiger partial charge on any atom is -0.444 e.